The van der Waals surface area contributed by atoms with Gasteiger partial charge in [-0.15, -0.1) is 0 Å². The van der Waals surface area contributed by atoms with Crippen molar-refractivity contribution in [1.29, 1.82) is 0 Å². The summed E-state index contributed by atoms with van der Waals surface area (Å²) in [6, 6.07) is 6.09. The number of anilines is 1. The van der Waals surface area contributed by atoms with E-state index in [9.17, 15) is 9.59 Å². The maximum absolute atomic E-state index is 13.1. The number of pyridine rings is 1. The van der Waals surface area contributed by atoms with Crippen LogP contribution in [-0.4, -0.2) is 65.9 Å². The van der Waals surface area contributed by atoms with Gasteiger partial charge in [-0.2, -0.15) is 0 Å². The van der Waals surface area contributed by atoms with E-state index in [1.807, 2.05) is 34.9 Å². The summed E-state index contributed by atoms with van der Waals surface area (Å²) >= 11 is 0. The zero-order chi connectivity index (χ0) is 20.2. The molecule has 0 spiro atoms. The van der Waals surface area contributed by atoms with E-state index in [0.29, 0.717) is 25.3 Å². The Morgan fingerprint density at radius 1 is 1.07 bits per heavy atom. The standard InChI is InChI=1S/C23H34N4O2/c1-18-6-5-9-21(24-18)25-12-14-26(15-13-25)23(29)20-10-11-22(28)27(17-20)16-19-7-3-2-4-8-19/h5-6,9,19-20H,2-4,7-8,10-17H2,1H3. The van der Waals surface area contributed by atoms with Crippen molar-refractivity contribution >= 4 is 17.6 Å². The van der Waals surface area contributed by atoms with Crippen molar-refractivity contribution in [2.24, 2.45) is 11.8 Å². The SMILES string of the molecule is Cc1cccc(N2CCN(C(=O)C3CCC(=O)N(CC4CCCCC4)C3)CC2)n1. The third-order valence-corrected chi connectivity index (χ3v) is 6.84. The number of aromatic nitrogens is 1. The van der Waals surface area contributed by atoms with Crippen LogP contribution in [0, 0.1) is 18.8 Å². The summed E-state index contributed by atoms with van der Waals surface area (Å²) in [7, 11) is 0. The van der Waals surface area contributed by atoms with Crippen molar-refractivity contribution in [3.05, 3.63) is 23.9 Å². The molecule has 29 heavy (non-hydrogen) atoms. The lowest BCUT2D eigenvalue weighted by Gasteiger charge is -2.40. The molecular weight excluding hydrogens is 364 g/mol. The number of piperazine rings is 1. The van der Waals surface area contributed by atoms with Crippen LogP contribution >= 0.6 is 0 Å². The van der Waals surface area contributed by atoms with Gasteiger partial charge >= 0.3 is 0 Å². The molecular formula is C23H34N4O2. The fourth-order valence-electron chi connectivity index (χ4n) is 5.09. The lowest BCUT2D eigenvalue weighted by Crippen LogP contribution is -2.53. The first-order valence-electron chi connectivity index (χ1n) is 11.4. The van der Waals surface area contributed by atoms with Gasteiger partial charge in [-0.3, -0.25) is 9.59 Å². The highest BCUT2D eigenvalue weighted by Crippen LogP contribution is 2.28. The zero-order valence-corrected chi connectivity index (χ0v) is 17.7. The molecule has 6 heteroatoms. The lowest BCUT2D eigenvalue weighted by molar-refractivity contribution is -0.143. The molecule has 3 aliphatic rings. The van der Waals surface area contributed by atoms with Gasteiger partial charge in [-0.1, -0.05) is 25.3 Å². The molecule has 0 aromatic carbocycles. The Labute approximate surface area is 174 Å². The summed E-state index contributed by atoms with van der Waals surface area (Å²) in [6.45, 7) is 6.60. The normalized spacial score (nSPS) is 24.1. The number of rotatable bonds is 4. The zero-order valence-electron chi connectivity index (χ0n) is 17.7. The van der Waals surface area contributed by atoms with Crippen LogP contribution in [0.4, 0.5) is 5.82 Å². The summed E-state index contributed by atoms with van der Waals surface area (Å²) in [5, 5.41) is 0. The Bertz CT molecular complexity index is 723. The molecule has 1 saturated carbocycles. The van der Waals surface area contributed by atoms with Crippen LogP contribution < -0.4 is 4.90 Å². The highest BCUT2D eigenvalue weighted by molar-refractivity contribution is 5.84. The van der Waals surface area contributed by atoms with Crippen molar-refractivity contribution in [1.82, 2.24) is 14.8 Å². The topological polar surface area (TPSA) is 56.8 Å². The second kappa shape index (κ2) is 9.14. The predicted octanol–water partition coefficient (Wildman–Crippen LogP) is 2.86. The first-order chi connectivity index (χ1) is 14.1. The summed E-state index contributed by atoms with van der Waals surface area (Å²) in [5.41, 5.74) is 1.02. The molecule has 1 atom stereocenters. The van der Waals surface area contributed by atoms with E-state index in [2.05, 4.69) is 9.88 Å². The first kappa shape index (κ1) is 20.2. The third-order valence-electron chi connectivity index (χ3n) is 6.84. The highest BCUT2D eigenvalue weighted by atomic mass is 16.2. The van der Waals surface area contributed by atoms with Gasteiger partial charge in [0.05, 0.1) is 5.92 Å². The van der Waals surface area contributed by atoms with E-state index in [1.54, 1.807) is 0 Å². The van der Waals surface area contributed by atoms with Gasteiger partial charge in [0.1, 0.15) is 5.82 Å². The predicted molar refractivity (Wildman–Crippen MR) is 114 cm³/mol. The van der Waals surface area contributed by atoms with Gasteiger partial charge in [-0.25, -0.2) is 4.98 Å². The molecule has 1 aromatic heterocycles. The van der Waals surface area contributed by atoms with E-state index in [1.165, 1.54) is 32.1 Å². The summed E-state index contributed by atoms with van der Waals surface area (Å²) in [4.78, 5) is 36.4. The molecule has 1 aromatic rings. The van der Waals surface area contributed by atoms with Crippen LogP contribution in [0.15, 0.2) is 18.2 Å². The van der Waals surface area contributed by atoms with E-state index in [4.69, 9.17) is 0 Å². The van der Waals surface area contributed by atoms with Crippen molar-refractivity contribution in [3.8, 4) is 0 Å². The maximum atomic E-state index is 13.1. The average molecular weight is 399 g/mol. The van der Waals surface area contributed by atoms with Gasteiger partial charge in [0.2, 0.25) is 11.8 Å². The quantitative estimate of drug-likeness (QED) is 0.783. The van der Waals surface area contributed by atoms with E-state index >= 15 is 0 Å². The van der Waals surface area contributed by atoms with Gasteiger partial charge in [0.25, 0.3) is 0 Å². The number of carbonyl (C=O) groups is 2. The van der Waals surface area contributed by atoms with Crippen molar-refractivity contribution in [3.63, 3.8) is 0 Å². The number of hydrogen-bond acceptors (Lipinski definition) is 4. The third kappa shape index (κ3) is 4.90. The second-order valence-electron chi connectivity index (χ2n) is 8.99. The molecule has 1 aliphatic carbocycles. The van der Waals surface area contributed by atoms with Gasteiger partial charge < -0.3 is 14.7 Å². The monoisotopic (exact) mass is 398 g/mol. The smallest absolute Gasteiger partial charge is 0.227 e. The largest absolute Gasteiger partial charge is 0.353 e. The number of carbonyl (C=O) groups excluding carboxylic acids is 2. The summed E-state index contributed by atoms with van der Waals surface area (Å²) in [5.74, 6) is 2.09. The summed E-state index contributed by atoms with van der Waals surface area (Å²) < 4.78 is 0. The van der Waals surface area contributed by atoms with Crippen LogP contribution in [0.2, 0.25) is 0 Å². The van der Waals surface area contributed by atoms with Gasteiger partial charge in [0, 0.05) is 51.4 Å². The number of nitrogens with zero attached hydrogens (tertiary/aromatic N) is 4. The molecule has 0 radical (unpaired) electrons. The van der Waals surface area contributed by atoms with Crippen LogP contribution in [0.25, 0.3) is 0 Å². The molecule has 3 heterocycles. The molecule has 2 amide bonds. The summed E-state index contributed by atoms with van der Waals surface area (Å²) in [6.07, 6.45) is 7.60. The van der Waals surface area contributed by atoms with Crippen molar-refractivity contribution < 1.29 is 9.59 Å². The molecule has 3 fully saturated rings. The molecule has 4 rings (SSSR count). The molecule has 6 nitrogen and oxygen atoms in total. The van der Waals surface area contributed by atoms with E-state index in [-0.39, 0.29) is 17.7 Å². The lowest BCUT2D eigenvalue weighted by atomic mass is 9.87. The second-order valence-corrected chi connectivity index (χ2v) is 8.99. The van der Waals surface area contributed by atoms with Crippen molar-refractivity contribution in [2.45, 2.75) is 51.9 Å². The Balaban J connectivity index is 1.30. The minimum atomic E-state index is -0.0278. The molecule has 158 valence electrons. The fraction of sp³-hybridized carbons (Fsp3) is 0.696. The van der Waals surface area contributed by atoms with Gasteiger partial charge in [0.15, 0.2) is 0 Å². The maximum Gasteiger partial charge on any atom is 0.227 e. The number of likely N-dealkylation sites (tertiary alicyclic amines) is 1. The molecule has 0 N–H and O–H groups in total. The van der Waals surface area contributed by atoms with Crippen molar-refractivity contribution in [2.75, 3.05) is 44.2 Å². The van der Waals surface area contributed by atoms with E-state index < -0.39 is 0 Å². The van der Waals surface area contributed by atoms with E-state index in [0.717, 1.165) is 44.2 Å². The first-order valence-corrected chi connectivity index (χ1v) is 11.4. The molecule has 2 aliphatic heterocycles. The van der Waals surface area contributed by atoms with Crippen LogP contribution in [0.3, 0.4) is 0 Å². The molecule has 0 bridgehead atoms. The Hall–Kier alpha value is -2.11. The minimum absolute atomic E-state index is 0.0278. The molecule has 1 unspecified atom stereocenters. The number of amides is 2. The Kier molecular flexibility index (Phi) is 6.36. The highest BCUT2D eigenvalue weighted by Gasteiger charge is 2.34. The molecule has 2 saturated heterocycles. The Morgan fingerprint density at radius 3 is 2.55 bits per heavy atom. The number of piperidine rings is 1. The fourth-order valence-corrected chi connectivity index (χ4v) is 5.09. The number of aryl methyl sites for hydroxylation is 1. The average Bonchev–Trinajstić information content (AvgIpc) is 2.76. The van der Waals surface area contributed by atoms with Crippen LogP contribution in [-0.2, 0) is 9.59 Å². The number of hydrogen-bond donors (Lipinski definition) is 0. The van der Waals surface area contributed by atoms with Crippen LogP contribution in [0.5, 0.6) is 0 Å². The minimum Gasteiger partial charge on any atom is -0.353 e. The Morgan fingerprint density at radius 2 is 1.83 bits per heavy atom. The van der Waals surface area contributed by atoms with Crippen LogP contribution in [0.1, 0.15) is 50.6 Å². The van der Waals surface area contributed by atoms with Gasteiger partial charge in [-0.05, 0) is 44.2 Å².